The van der Waals surface area contributed by atoms with E-state index in [1.807, 2.05) is 0 Å². The van der Waals surface area contributed by atoms with Crippen LogP contribution in [0.4, 0.5) is 0 Å². The lowest BCUT2D eigenvalue weighted by Gasteiger charge is -2.05. The summed E-state index contributed by atoms with van der Waals surface area (Å²) in [6.45, 7) is 5.04. The van der Waals surface area contributed by atoms with Gasteiger partial charge in [-0.05, 0) is 28.8 Å². The molecule has 0 saturated carbocycles. The van der Waals surface area contributed by atoms with Crippen LogP contribution in [0.3, 0.4) is 0 Å². The largest absolute Gasteiger partial charge is 0.321 e. The van der Waals surface area contributed by atoms with Crippen molar-refractivity contribution in [2.45, 2.75) is 52.5 Å². The highest BCUT2D eigenvalue weighted by molar-refractivity contribution is 9.10. The van der Waals surface area contributed by atoms with E-state index in [1.165, 1.54) is 0 Å². The minimum Gasteiger partial charge on any atom is -0.321 e. The maximum atomic E-state index is 8.65. The van der Waals surface area contributed by atoms with Crippen LogP contribution in [0.25, 0.3) is 0 Å². The van der Waals surface area contributed by atoms with E-state index in [1.54, 1.807) is 0 Å². The average Bonchev–Trinajstić information content (AvgIpc) is 2.55. The van der Waals surface area contributed by atoms with Crippen LogP contribution in [0.2, 0.25) is 0 Å². The van der Waals surface area contributed by atoms with Gasteiger partial charge in [-0.15, -0.1) is 0 Å². The van der Waals surface area contributed by atoms with Crippen LogP contribution in [-0.2, 0) is 19.4 Å². The number of rotatable bonds is 6. The monoisotopic (exact) mass is 283 g/mol. The Balaban J connectivity index is 2.95. The number of halogens is 1. The first kappa shape index (κ1) is 13.2. The number of imidazole rings is 1. The first-order chi connectivity index (χ1) is 7.74. The highest BCUT2D eigenvalue weighted by Gasteiger charge is 2.13. The fourth-order valence-corrected chi connectivity index (χ4v) is 2.40. The van der Waals surface area contributed by atoms with E-state index >= 15 is 0 Å². The molecule has 0 spiro atoms. The second kappa shape index (κ2) is 6.70. The second-order valence-electron chi connectivity index (χ2n) is 3.83. The lowest BCUT2D eigenvalue weighted by atomic mass is 10.3. The number of hydrogen-bond donors (Lipinski definition) is 0. The van der Waals surface area contributed by atoms with Crippen molar-refractivity contribution < 1.29 is 0 Å². The Labute approximate surface area is 106 Å². The molecule has 0 fully saturated rings. The molecule has 0 unspecified atom stereocenters. The second-order valence-corrected chi connectivity index (χ2v) is 4.58. The van der Waals surface area contributed by atoms with Crippen molar-refractivity contribution in [2.24, 2.45) is 0 Å². The Bertz CT molecular complexity index is 376. The summed E-state index contributed by atoms with van der Waals surface area (Å²) in [5, 5.41) is 8.65. The van der Waals surface area contributed by atoms with Crippen molar-refractivity contribution in [3.63, 3.8) is 0 Å². The van der Waals surface area contributed by atoms with Crippen molar-refractivity contribution in [2.75, 3.05) is 0 Å². The molecular weight excluding hydrogens is 266 g/mol. The smallest absolute Gasteiger partial charge is 0.109 e. The van der Waals surface area contributed by atoms with Crippen LogP contribution < -0.4 is 0 Å². The van der Waals surface area contributed by atoms with Gasteiger partial charge >= 0.3 is 0 Å². The van der Waals surface area contributed by atoms with Crippen LogP contribution in [0.15, 0.2) is 4.60 Å². The predicted molar refractivity (Wildman–Crippen MR) is 68.1 cm³/mol. The average molecular weight is 284 g/mol. The minimum absolute atomic E-state index is 0.539. The van der Waals surface area contributed by atoms with E-state index in [0.29, 0.717) is 6.42 Å². The van der Waals surface area contributed by atoms with Gasteiger partial charge in [0.1, 0.15) is 10.4 Å². The Morgan fingerprint density at radius 2 is 2.00 bits per heavy atom. The molecule has 16 heavy (non-hydrogen) atoms. The van der Waals surface area contributed by atoms with Crippen LogP contribution in [0.5, 0.6) is 0 Å². The summed E-state index contributed by atoms with van der Waals surface area (Å²) in [5.41, 5.74) is 1.13. The van der Waals surface area contributed by atoms with E-state index in [9.17, 15) is 0 Å². The molecule has 1 heterocycles. The van der Waals surface area contributed by atoms with Gasteiger partial charge in [0.25, 0.3) is 0 Å². The molecule has 1 rings (SSSR count). The summed E-state index contributed by atoms with van der Waals surface area (Å²) in [4.78, 5) is 4.65. The van der Waals surface area contributed by atoms with Crippen molar-refractivity contribution in [1.82, 2.24) is 9.55 Å². The number of aryl methyl sites for hydroxylation is 2. The highest BCUT2D eigenvalue weighted by Crippen LogP contribution is 2.21. The summed E-state index contributed by atoms with van der Waals surface area (Å²) < 4.78 is 3.20. The van der Waals surface area contributed by atoms with Gasteiger partial charge in [-0.1, -0.05) is 20.3 Å². The summed E-state index contributed by atoms with van der Waals surface area (Å²) in [7, 11) is 0. The van der Waals surface area contributed by atoms with Crippen molar-refractivity contribution in [3.05, 3.63) is 16.1 Å². The zero-order chi connectivity index (χ0) is 12.0. The van der Waals surface area contributed by atoms with E-state index in [0.717, 1.165) is 48.3 Å². The van der Waals surface area contributed by atoms with Gasteiger partial charge in [-0.3, -0.25) is 0 Å². The molecule has 0 aliphatic heterocycles. The van der Waals surface area contributed by atoms with E-state index < -0.39 is 0 Å². The standard InChI is InChI=1S/C12H18BrN3/c1-3-6-10-12(13)16(9-5-8-14)11(15-10)7-4-2/h3-7,9H2,1-2H3. The molecule has 0 aliphatic rings. The summed E-state index contributed by atoms with van der Waals surface area (Å²) in [6.07, 6.45) is 4.70. The van der Waals surface area contributed by atoms with Crippen molar-refractivity contribution in [1.29, 1.82) is 5.26 Å². The molecular formula is C12H18BrN3. The normalized spacial score (nSPS) is 10.4. The number of nitrogens with zero attached hydrogens (tertiary/aromatic N) is 3. The van der Waals surface area contributed by atoms with E-state index in [-0.39, 0.29) is 0 Å². The first-order valence-corrected chi connectivity index (χ1v) is 6.64. The minimum atomic E-state index is 0.539. The van der Waals surface area contributed by atoms with Crippen LogP contribution in [-0.4, -0.2) is 9.55 Å². The molecule has 3 nitrogen and oxygen atoms in total. The van der Waals surface area contributed by atoms with Gasteiger partial charge in [-0.2, -0.15) is 5.26 Å². The summed E-state index contributed by atoms with van der Waals surface area (Å²) in [6, 6.07) is 2.18. The fourth-order valence-electron chi connectivity index (χ4n) is 1.73. The molecule has 0 N–H and O–H groups in total. The third-order valence-electron chi connectivity index (χ3n) is 2.46. The number of aromatic nitrogens is 2. The van der Waals surface area contributed by atoms with Gasteiger partial charge in [-0.25, -0.2) is 4.98 Å². The summed E-state index contributed by atoms with van der Waals surface area (Å²) >= 11 is 3.59. The van der Waals surface area contributed by atoms with Crippen molar-refractivity contribution in [3.8, 4) is 6.07 Å². The molecule has 0 atom stereocenters. The maximum Gasteiger partial charge on any atom is 0.109 e. The highest BCUT2D eigenvalue weighted by atomic mass is 79.9. The van der Waals surface area contributed by atoms with Crippen molar-refractivity contribution >= 4 is 15.9 Å². The molecule has 0 saturated heterocycles. The topological polar surface area (TPSA) is 41.6 Å². The van der Waals surface area contributed by atoms with E-state index in [2.05, 4.69) is 45.4 Å². The van der Waals surface area contributed by atoms with Gasteiger partial charge < -0.3 is 4.57 Å². The molecule has 1 aromatic heterocycles. The van der Waals surface area contributed by atoms with Gasteiger partial charge in [0.05, 0.1) is 18.2 Å². The predicted octanol–water partition coefficient (Wildman–Crippen LogP) is 3.46. The maximum absolute atomic E-state index is 8.65. The molecule has 0 bridgehead atoms. The Hall–Kier alpha value is -0.820. The molecule has 88 valence electrons. The third kappa shape index (κ3) is 3.08. The van der Waals surface area contributed by atoms with Gasteiger partial charge in [0.2, 0.25) is 0 Å². The summed E-state index contributed by atoms with van der Waals surface area (Å²) in [5.74, 6) is 1.10. The Kier molecular flexibility index (Phi) is 5.54. The molecule has 1 aromatic rings. The number of nitriles is 1. The van der Waals surface area contributed by atoms with Crippen LogP contribution >= 0.6 is 15.9 Å². The number of hydrogen-bond acceptors (Lipinski definition) is 2. The SMILES string of the molecule is CCCc1nc(CCC)n(CCC#N)c1Br. The van der Waals surface area contributed by atoms with Crippen LogP contribution in [0.1, 0.15) is 44.6 Å². The van der Waals surface area contributed by atoms with Crippen LogP contribution in [0, 0.1) is 11.3 Å². The molecule has 4 heteroatoms. The zero-order valence-electron chi connectivity index (χ0n) is 9.96. The zero-order valence-corrected chi connectivity index (χ0v) is 11.5. The first-order valence-electron chi connectivity index (χ1n) is 5.85. The lowest BCUT2D eigenvalue weighted by Crippen LogP contribution is -2.03. The van der Waals surface area contributed by atoms with E-state index in [4.69, 9.17) is 5.26 Å². The lowest BCUT2D eigenvalue weighted by molar-refractivity contribution is 0.644. The Morgan fingerprint density at radius 3 is 2.56 bits per heavy atom. The molecule has 0 amide bonds. The Morgan fingerprint density at radius 1 is 1.31 bits per heavy atom. The third-order valence-corrected chi connectivity index (χ3v) is 3.34. The molecule has 0 aromatic carbocycles. The fraction of sp³-hybridized carbons (Fsp3) is 0.667. The molecule has 0 aliphatic carbocycles. The molecule has 0 radical (unpaired) electrons. The van der Waals surface area contributed by atoms with Gasteiger partial charge in [0.15, 0.2) is 0 Å². The van der Waals surface area contributed by atoms with Gasteiger partial charge in [0, 0.05) is 13.0 Å². The quantitative estimate of drug-likeness (QED) is 0.802.